The molecular formula is C31H28FN3O10S. The van der Waals surface area contributed by atoms with E-state index in [1.807, 2.05) is 0 Å². The second-order valence-electron chi connectivity index (χ2n) is 10.5. The first kappa shape index (κ1) is 32.2. The standard InChI is InChI=1S/C31H28FN3O10S/c1-33-29(36)26-23-14-21(16-4-5-16)18(12-25(23)45-28(26)17-6-8-19(32)9-7-17)15-34(46(41)42)20-10-11-24(35(39)40)22(13-20)27(30(37)43-2)31(38)44-3/h6-14,16,27H,4-5,15H2,1-3H3,(H,33,36)(H,41,42). The normalized spacial score (nSPS) is 13.3. The molecule has 15 heteroatoms. The van der Waals surface area contributed by atoms with Gasteiger partial charge in [-0.15, -0.1) is 0 Å². The van der Waals surface area contributed by atoms with Crippen molar-refractivity contribution in [2.75, 3.05) is 25.6 Å². The Kier molecular flexibility index (Phi) is 9.16. The van der Waals surface area contributed by atoms with Crippen molar-refractivity contribution >= 4 is 51.5 Å². The first-order valence-electron chi connectivity index (χ1n) is 13.9. The van der Waals surface area contributed by atoms with Gasteiger partial charge >= 0.3 is 11.9 Å². The monoisotopic (exact) mass is 653 g/mol. The SMILES string of the molecule is CNC(=O)c1c(-c2ccc(F)cc2)oc2cc(CN(c3ccc([N+](=O)[O-])c(C(C(=O)OC)C(=O)OC)c3)S(=O)O)c(C3CC3)cc12. The van der Waals surface area contributed by atoms with Gasteiger partial charge in [0.15, 0.2) is 5.92 Å². The topological polar surface area (TPSA) is 179 Å². The average molecular weight is 654 g/mol. The molecule has 1 unspecified atom stereocenters. The summed E-state index contributed by atoms with van der Waals surface area (Å²) in [5.74, 6) is -4.65. The van der Waals surface area contributed by atoms with Crippen molar-refractivity contribution in [3.63, 3.8) is 0 Å². The Bertz CT molecular complexity index is 1870. The number of nitrogens with one attached hydrogen (secondary N) is 1. The van der Waals surface area contributed by atoms with Crippen LogP contribution in [0.1, 0.15) is 51.7 Å². The number of fused-ring (bicyclic) bond motifs is 1. The average Bonchev–Trinajstić information content (AvgIpc) is 3.83. The Morgan fingerprint density at radius 1 is 1.11 bits per heavy atom. The summed E-state index contributed by atoms with van der Waals surface area (Å²) >= 11 is -2.69. The minimum Gasteiger partial charge on any atom is -0.468 e. The van der Waals surface area contributed by atoms with Crippen LogP contribution in [0.2, 0.25) is 0 Å². The molecule has 0 spiro atoms. The van der Waals surface area contributed by atoms with Crippen molar-refractivity contribution in [3.05, 3.63) is 92.8 Å². The summed E-state index contributed by atoms with van der Waals surface area (Å²) in [6, 6.07) is 12.3. The number of furan rings is 1. The predicted octanol–water partition coefficient (Wildman–Crippen LogP) is 4.96. The van der Waals surface area contributed by atoms with E-state index in [2.05, 4.69) is 14.8 Å². The fourth-order valence-corrected chi connectivity index (χ4v) is 5.88. The largest absolute Gasteiger partial charge is 0.468 e. The summed E-state index contributed by atoms with van der Waals surface area (Å²) in [6.07, 6.45) is 1.67. The number of nitro groups is 1. The molecule has 1 saturated carbocycles. The minimum atomic E-state index is -2.69. The van der Waals surface area contributed by atoms with Gasteiger partial charge in [-0.3, -0.25) is 33.4 Å². The number of carbonyl (C=O) groups is 3. The van der Waals surface area contributed by atoms with Gasteiger partial charge in [0.25, 0.3) is 22.9 Å². The molecule has 13 nitrogen and oxygen atoms in total. The first-order chi connectivity index (χ1) is 22.0. The van der Waals surface area contributed by atoms with E-state index in [1.165, 1.54) is 37.4 Å². The minimum absolute atomic E-state index is 0.0152. The Labute approximate surface area is 263 Å². The fourth-order valence-electron chi connectivity index (χ4n) is 5.34. The number of rotatable bonds is 11. The van der Waals surface area contributed by atoms with Crippen LogP contribution in [0.25, 0.3) is 22.3 Å². The fraction of sp³-hybridized carbons (Fsp3) is 0.258. The Morgan fingerprint density at radius 3 is 2.30 bits per heavy atom. The van der Waals surface area contributed by atoms with Crippen LogP contribution in [0.4, 0.5) is 15.8 Å². The quantitative estimate of drug-likeness (QED) is 0.0739. The van der Waals surface area contributed by atoms with E-state index >= 15 is 0 Å². The van der Waals surface area contributed by atoms with Crippen LogP contribution < -0.4 is 9.62 Å². The zero-order chi connectivity index (χ0) is 33.3. The molecule has 1 atom stereocenters. The maximum absolute atomic E-state index is 13.7. The molecule has 1 amide bonds. The maximum Gasteiger partial charge on any atom is 0.324 e. The number of nitro benzene ring substituents is 1. The highest BCUT2D eigenvalue weighted by molar-refractivity contribution is 7.80. The van der Waals surface area contributed by atoms with Crippen molar-refractivity contribution in [2.45, 2.75) is 31.2 Å². The molecule has 240 valence electrons. The predicted molar refractivity (Wildman–Crippen MR) is 164 cm³/mol. The molecule has 46 heavy (non-hydrogen) atoms. The number of hydrogen-bond acceptors (Lipinski definition) is 9. The third kappa shape index (κ3) is 6.19. The zero-order valence-electron chi connectivity index (χ0n) is 24.8. The molecule has 1 heterocycles. The zero-order valence-corrected chi connectivity index (χ0v) is 25.6. The summed E-state index contributed by atoms with van der Waals surface area (Å²) in [4.78, 5) is 49.2. The third-order valence-electron chi connectivity index (χ3n) is 7.71. The van der Waals surface area contributed by atoms with Crippen LogP contribution in [0.3, 0.4) is 0 Å². The lowest BCUT2D eigenvalue weighted by Gasteiger charge is -2.23. The van der Waals surface area contributed by atoms with Gasteiger partial charge in [-0.25, -0.2) is 8.60 Å². The van der Waals surface area contributed by atoms with Crippen molar-refractivity contribution in [2.24, 2.45) is 0 Å². The number of amides is 1. The van der Waals surface area contributed by atoms with E-state index < -0.39 is 51.5 Å². The van der Waals surface area contributed by atoms with Gasteiger partial charge in [0.05, 0.1) is 42.5 Å². The van der Waals surface area contributed by atoms with Crippen LogP contribution in [0, 0.1) is 15.9 Å². The molecule has 0 bridgehead atoms. The second kappa shape index (κ2) is 13.1. The van der Waals surface area contributed by atoms with Gasteiger partial charge < -0.3 is 19.2 Å². The van der Waals surface area contributed by atoms with Gasteiger partial charge in [0.1, 0.15) is 17.2 Å². The van der Waals surface area contributed by atoms with Gasteiger partial charge in [-0.05, 0) is 78.4 Å². The van der Waals surface area contributed by atoms with E-state index in [0.717, 1.165) is 49.1 Å². The summed E-state index contributed by atoms with van der Waals surface area (Å²) in [5, 5.41) is 15.0. The molecule has 1 fully saturated rings. The number of nitrogens with zero attached hydrogens (tertiary/aromatic N) is 2. The lowest BCUT2D eigenvalue weighted by atomic mass is 9.96. The van der Waals surface area contributed by atoms with Gasteiger partial charge in [-0.1, -0.05) is 0 Å². The number of anilines is 1. The lowest BCUT2D eigenvalue weighted by molar-refractivity contribution is -0.385. The highest BCUT2D eigenvalue weighted by Gasteiger charge is 2.37. The molecule has 4 aromatic rings. The summed E-state index contributed by atoms with van der Waals surface area (Å²) in [7, 11) is 3.48. The van der Waals surface area contributed by atoms with E-state index in [-0.39, 0.29) is 35.0 Å². The number of methoxy groups -OCH3 is 2. The molecule has 3 aromatic carbocycles. The second-order valence-corrected chi connectivity index (χ2v) is 11.4. The molecule has 1 aliphatic rings. The van der Waals surface area contributed by atoms with E-state index in [0.29, 0.717) is 22.1 Å². The van der Waals surface area contributed by atoms with E-state index in [4.69, 9.17) is 4.42 Å². The van der Waals surface area contributed by atoms with Crippen LogP contribution in [0.5, 0.6) is 0 Å². The first-order valence-corrected chi connectivity index (χ1v) is 14.9. The number of halogens is 1. The van der Waals surface area contributed by atoms with Gasteiger partial charge in [0.2, 0.25) is 0 Å². The molecular weight excluding hydrogens is 625 g/mol. The molecule has 2 N–H and O–H groups in total. The van der Waals surface area contributed by atoms with Crippen molar-refractivity contribution in [3.8, 4) is 11.3 Å². The van der Waals surface area contributed by atoms with Gasteiger partial charge in [-0.2, -0.15) is 0 Å². The number of carbonyl (C=O) groups excluding carboxylic acids is 3. The summed E-state index contributed by atoms with van der Waals surface area (Å²) in [5.41, 5.74) is 1.37. The van der Waals surface area contributed by atoms with E-state index in [1.54, 1.807) is 12.1 Å². The summed E-state index contributed by atoms with van der Waals surface area (Å²) in [6.45, 7) is -0.203. The highest BCUT2D eigenvalue weighted by Crippen LogP contribution is 2.45. The molecule has 1 aliphatic carbocycles. The van der Waals surface area contributed by atoms with Crippen LogP contribution in [0.15, 0.2) is 59.0 Å². The van der Waals surface area contributed by atoms with Crippen molar-refractivity contribution in [1.29, 1.82) is 0 Å². The maximum atomic E-state index is 13.7. The van der Waals surface area contributed by atoms with Crippen LogP contribution in [-0.2, 0) is 36.9 Å². The molecule has 0 saturated heterocycles. The molecule has 1 aromatic heterocycles. The van der Waals surface area contributed by atoms with Gasteiger partial charge in [0, 0.05) is 24.1 Å². The Morgan fingerprint density at radius 2 is 1.76 bits per heavy atom. The third-order valence-corrected chi connectivity index (χ3v) is 8.43. The Hall–Kier alpha value is -5.15. The van der Waals surface area contributed by atoms with E-state index in [9.17, 15) is 37.6 Å². The summed E-state index contributed by atoms with van der Waals surface area (Å²) < 4.78 is 53.4. The molecule has 0 aliphatic heterocycles. The Balaban J connectivity index is 1.65. The van der Waals surface area contributed by atoms with Crippen LogP contribution >= 0.6 is 0 Å². The lowest BCUT2D eigenvalue weighted by Crippen LogP contribution is -2.28. The molecule has 5 rings (SSSR count). The number of benzene rings is 3. The number of hydrogen-bond donors (Lipinski definition) is 2. The number of ether oxygens (including phenoxy) is 2. The smallest absolute Gasteiger partial charge is 0.324 e. The van der Waals surface area contributed by atoms with Crippen molar-refractivity contribution in [1.82, 2.24) is 5.32 Å². The number of esters is 2. The highest BCUT2D eigenvalue weighted by atomic mass is 32.2. The van der Waals surface area contributed by atoms with Crippen LogP contribution in [-0.4, -0.2) is 52.8 Å². The molecule has 0 radical (unpaired) electrons. The van der Waals surface area contributed by atoms with Crippen molar-refractivity contribution < 1.29 is 46.3 Å².